The lowest BCUT2D eigenvalue weighted by Crippen LogP contribution is -2.15. The number of hydrogen-bond acceptors (Lipinski definition) is 5. The maximum atomic E-state index is 12.1. The van der Waals surface area contributed by atoms with E-state index >= 15 is 0 Å². The van der Waals surface area contributed by atoms with Crippen LogP contribution in [0.1, 0.15) is 11.3 Å². The highest BCUT2D eigenvalue weighted by Crippen LogP contribution is 2.22. The summed E-state index contributed by atoms with van der Waals surface area (Å²) in [5, 5.41) is 7.00. The molecule has 0 saturated heterocycles. The van der Waals surface area contributed by atoms with E-state index in [4.69, 9.17) is 0 Å². The minimum Gasteiger partial charge on any atom is -0.259 e. The lowest BCUT2D eigenvalue weighted by Gasteiger charge is -2.08. The number of nitrogens with one attached hydrogen (secondary N) is 1. The van der Waals surface area contributed by atoms with Crippen molar-refractivity contribution in [3.8, 4) is 0 Å². The fraction of sp³-hybridized carbons (Fsp3) is 0.200. The van der Waals surface area contributed by atoms with E-state index in [1.807, 2.05) is 0 Å². The summed E-state index contributed by atoms with van der Waals surface area (Å²) in [6, 6.07) is 4.91. The van der Waals surface area contributed by atoms with Crippen molar-refractivity contribution in [1.82, 2.24) is 10.3 Å². The number of aromatic nitrogens is 2. The molecular weight excluding hydrogens is 322 g/mol. The molecule has 0 unspecified atom stereocenters. The Morgan fingerprint density at radius 1 is 1.28 bits per heavy atom. The molecule has 0 amide bonds. The van der Waals surface area contributed by atoms with E-state index in [1.54, 1.807) is 26.0 Å². The van der Waals surface area contributed by atoms with Crippen molar-refractivity contribution < 1.29 is 13.0 Å². The van der Waals surface area contributed by atoms with Gasteiger partial charge in [-0.25, -0.2) is 13.0 Å². The number of nitrogens with zero attached hydrogens (tertiary/aromatic N) is 2. The zero-order chi connectivity index (χ0) is 13.3. The monoisotopic (exact) mass is 331 g/mol. The van der Waals surface area contributed by atoms with Crippen molar-refractivity contribution >= 4 is 31.8 Å². The molecule has 1 heterocycles. The first-order valence-electron chi connectivity index (χ1n) is 4.98. The predicted octanol–water partition coefficient (Wildman–Crippen LogP) is 2.25. The number of benzene rings is 1. The highest BCUT2D eigenvalue weighted by molar-refractivity contribution is 9.10. The number of sulfonamides is 1. The topological polar surface area (TPSA) is 85.1 Å². The van der Waals surface area contributed by atoms with Gasteiger partial charge in [-0.15, -0.1) is 0 Å². The summed E-state index contributed by atoms with van der Waals surface area (Å²) in [6.07, 6.45) is 0. The summed E-state index contributed by atoms with van der Waals surface area (Å²) in [7, 11) is -3.69. The Kier molecular flexibility index (Phi) is 3.40. The Morgan fingerprint density at radius 3 is 2.56 bits per heavy atom. The van der Waals surface area contributed by atoms with Gasteiger partial charge in [0.25, 0.3) is 10.0 Å². The maximum absolute atomic E-state index is 12.1. The lowest BCUT2D eigenvalue weighted by atomic mass is 10.2. The second-order valence-electron chi connectivity index (χ2n) is 3.71. The van der Waals surface area contributed by atoms with Crippen molar-refractivity contribution in [3.63, 3.8) is 0 Å². The molecule has 1 aromatic carbocycles. The number of anilines is 1. The Hall–Kier alpha value is -1.41. The molecule has 6 nitrogen and oxygen atoms in total. The van der Waals surface area contributed by atoms with E-state index in [9.17, 15) is 8.42 Å². The Morgan fingerprint density at radius 2 is 2.00 bits per heavy atom. The Balaban J connectivity index is 2.40. The van der Waals surface area contributed by atoms with Gasteiger partial charge >= 0.3 is 0 Å². The molecule has 0 saturated carbocycles. The molecule has 8 heteroatoms. The third kappa shape index (κ3) is 2.54. The summed E-state index contributed by atoms with van der Waals surface area (Å²) in [5.41, 5.74) is 1.01. The number of halogens is 1. The van der Waals surface area contributed by atoms with Crippen LogP contribution in [0.5, 0.6) is 0 Å². The largest absolute Gasteiger partial charge is 0.263 e. The third-order valence-electron chi connectivity index (χ3n) is 2.31. The molecule has 0 spiro atoms. The molecule has 18 heavy (non-hydrogen) atoms. The minimum atomic E-state index is -3.69. The van der Waals surface area contributed by atoms with Crippen LogP contribution in [-0.2, 0) is 10.0 Å². The zero-order valence-corrected chi connectivity index (χ0v) is 12.0. The lowest BCUT2D eigenvalue weighted by molar-refractivity contribution is 0.306. The Labute approximate surface area is 113 Å². The molecule has 0 fully saturated rings. The molecule has 1 N–H and O–H groups in total. The van der Waals surface area contributed by atoms with Gasteiger partial charge in [-0.2, -0.15) is 0 Å². The van der Waals surface area contributed by atoms with Gasteiger partial charge in [0.2, 0.25) is 5.82 Å². The van der Waals surface area contributed by atoms with Crippen LogP contribution in [0.4, 0.5) is 5.82 Å². The van der Waals surface area contributed by atoms with Gasteiger partial charge in [-0.1, -0.05) is 21.1 Å². The van der Waals surface area contributed by atoms with E-state index < -0.39 is 10.0 Å². The van der Waals surface area contributed by atoms with Crippen LogP contribution in [0.25, 0.3) is 0 Å². The van der Waals surface area contributed by atoms with Crippen LogP contribution in [0.3, 0.4) is 0 Å². The Bertz CT molecular complexity index is 681. The third-order valence-corrected chi connectivity index (χ3v) is 4.30. The van der Waals surface area contributed by atoms with Gasteiger partial charge in [0.1, 0.15) is 5.69 Å². The summed E-state index contributed by atoms with van der Waals surface area (Å²) in [6.45, 7) is 3.32. The molecule has 0 radical (unpaired) electrons. The SMILES string of the molecule is Cc1cc(Br)ccc1S(=O)(=O)Nc1nonc1C. The van der Waals surface area contributed by atoms with E-state index in [0.717, 1.165) is 4.47 Å². The predicted molar refractivity (Wildman–Crippen MR) is 68.7 cm³/mol. The minimum absolute atomic E-state index is 0.0947. The van der Waals surface area contributed by atoms with Gasteiger partial charge in [0, 0.05) is 4.47 Å². The fourth-order valence-corrected chi connectivity index (χ4v) is 3.18. The summed E-state index contributed by atoms with van der Waals surface area (Å²) in [5.74, 6) is 0.0947. The van der Waals surface area contributed by atoms with Gasteiger partial charge in [-0.3, -0.25) is 4.72 Å². The first kappa shape index (κ1) is 13.0. The van der Waals surface area contributed by atoms with Crippen LogP contribution in [0.2, 0.25) is 0 Å². The number of aryl methyl sites for hydroxylation is 2. The van der Waals surface area contributed by atoms with Crippen molar-refractivity contribution in [2.24, 2.45) is 0 Å². The van der Waals surface area contributed by atoms with Gasteiger partial charge < -0.3 is 0 Å². The second kappa shape index (κ2) is 4.69. The van der Waals surface area contributed by atoms with E-state index in [1.165, 1.54) is 6.07 Å². The molecule has 96 valence electrons. The molecule has 1 aromatic heterocycles. The quantitative estimate of drug-likeness (QED) is 0.932. The summed E-state index contributed by atoms with van der Waals surface area (Å²) in [4.78, 5) is 0.188. The first-order chi connectivity index (χ1) is 8.40. The average Bonchev–Trinajstić information content (AvgIpc) is 2.63. The van der Waals surface area contributed by atoms with Crippen molar-refractivity contribution in [2.75, 3.05) is 4.72 Å². The van der Waals surface area contributed by atoms with E-state index in [0.29, 0.717) is 11.3 Å². The van der Waals surface area contributed by atoms with Crippen molar-refractivity contribution in [2.45, 2.75) is 18.7 Å². The molecule has 0 atom stereocenters. The summed E-state index contributed by atoms with van der Waals surface area (Å²) < 4.78 is 31.9. The molecule has 2 aromatic rings. The molecule has 0 aliphatic rings. The highest BCUT2D eigenvalue weighted by Gasteiger charge is 2.20. The number of hydrogen-bond donors (Lipinski definition) is 1. The molecular formula is C10H10BrN3O3S. The fourth-order valence-electron chi connectivity index (χ4n) is 1.42. The zero-order valence-electron chi connectivity index (χ0n) is 9.64. The maximum Gasteiger partial charge on any atom is 0.263 e. The average molecular weight is 332 g/mol. The normalized spacial score (nSPS) is 11.5. The molecule has 0 aliphatic heterocycles. The summed E-state index contributed by atoms with van der Waals surface area (Å²) >= 11 is 3.28. The van der Waals surface area contributed by atoms with Gasteiger partial charge in [0.05, 0.1) is 4.90 Å². The standard InChI is InChI=1S/C10H10BrN3O3S/c1-6-5-8(11)3-4-9(6)18(15,16)14-10-7(2)12-17-13-10/h3-5H,1-2H3,(H,13,14). The van der Waals surface area contributed by atoms with Crippen LogP contribution < -0.4 is 4.72 Å². The van der Waals surface area contributed by atoms with E-state index in [2.05, 4.69) is 35.6 Å². The van der Waals surface area contributed by atoms with Crippen LogP contribution in [0, 0.1) is 13.8 Å². The van der Waals surface area contributed by atoms with Crippen molar-refractivity contribution in [1.29, 1.82) is 0 Å². The number of rotatable bonds is 3. The van der Waals surface area contributed by atoms with Gasteiger partial charge in [-0.05, 0) is 42.8 Å². The molecule has 2 rings (SSSR count). The smallest absolute Gasteiger partial charge is 0.259 e. The van der Waals surface area contributed by atoms with Crippen LogP contribution in [0.15, 0.2) is 32.2 Å². The first-order valence-corrected chi connectivity index (χ1v) is 7.26. The van der Waals surface area contributed by atoms with E-state index in [-0.39, 0.29) is 10.7 Å². The highest BCUT2D eigenvalue weighted by atomic mass is 79.9. The molecule has 0 bridgehead atoms. The second-order valence-corrected chi connectivity index (χ2v) is 6.28. The van der Waals surface area contributed by atoms with Crippen LogP contribution in [-0.4, -0.2) is 18.7 Å². The molecule has 0 aliphatic carbocycles. The van der Waals surface area contributed by atoms with Crippen LogP contribution >= 0.6 is 15.9 Å². The van der Waals surface area contributed by atoms with Gasteiger partial charge in [0.15, 0.2) is 0 Å². The van der Waals surface area contributed by atoms with Crippen molar-refractivity contribution in [3.05, 3.63) is 33.9 Å².